The highest BCUT2D eigenvalue weighted by molar-refractivity contribution is 7.47. The van der Waals surface area contributed by atoms with Crippen LogP contribution in [0.4, 0.5) is 0 Å². The Morgan fingerprint density at radius 1 is 0.300 bits per heavy atom. The topological polar surface area (TPSA) is 237 Å². The van der Waals surface area contributed by atoms with Gasteiger partial charge < -0.3 is 33.8 Å². The van der Waals surface area contributed by atoms with Crippen LogP contribution in [0.5, 0.6) is 0 Å². The number of allylic oxidation sites excluding steroid dienone is 23. The van der Waals surface area contributed by atoms with Gasteiger partial charge in [0.05, 0.1) is 32.8 Å². The minimum atomic E-state index is -4.99. The lowest BCUT2D eigenvalue weighted by molar-refractivity contribution is -0.161. The van der Waals surface area contributed by atoms with Crippen LogP contribution in [0.2, 0.25) is 0 Å². The molecule has 570 valence electrons. The molecule has 5 atom stereocenters. The van der Waals surface area contributed by atoms with E-state index in [1.807, 2.05) is 18.2 Å². The summed E-state index contributed by atoms with van der Waals surface area (Å²) in [6.07, 6.45) is 81.6. The summed E-state index contributed by atoms with van der Waals surface area (Å²) < 4.78 is 68.3. The van der Waals surface area contributed by atoms with Crippen LogP contribution in [0.25, 0.3) is 0 Å². The zero-order valence-electron chi connectivity index (χ0n) is 62.1. The maximum absolute atomic E-state index is 13.1. The van der Waals surface area contributed by atoms with Gasteiger partial charge in [-0.05, 0) is 122 Å². The second-order valence-corrected chi connectivity index (χ2v) is 27.7. The van der Waals surface area contributed by atoms with Crippen LogP contribution in [0.3, 0.4) is 0 Å². The zero-order chi connectivity index (χ0) is 73.2. The molecule has 17 nitrogen and oxygen atoms in total. The highest BCUT2D eigenvalue weighted by Crippen LogP contribution is 2.45. The molecule has 0 aliphatic heterocycles. The third-order valence-corrected chi connectivity index (χ3v) is 17.2. The van der Waals surface area contributed by atoms with Gasteiger partial charge in [-0.15, -0.1) is 0 Å². The third-order valence-electron chi connectivity index (χ3n) is 15.3. The molecular weight excluding hydrogens is 1310 g/mol. The van der Waals surface area contributed by atoms with E-state index < -0.39 is 97.5 Å². The van der Waals surface area contributed by atoms with Crippen molar-refractivity contribution in [2.45, 2.75) is 303 Å². The molecule has 0 aliphatic carbocycles. The molecule has 0 rings (SSSR count). The molecule has 0 spiro atoms. The fourth-order valence-corrected chi connectivity index (χ4v) is 11.2. The SMILES string of the molecule is CC/C=C\C/C=C\C/C=C\C/C=C\C/C=C\CC(=O)OCC(COP(=O)(O)OCC(O)COP(=O)(O)OCC(COC(=O)CCCCCC/C=C\C/C=C\C/C=C\C/C=C\CC)OC(=O)CCCCCCCCC/C=C\C/C=C\C/C=C\CC)OC(=O)CCCCCCCCCCCCC. The lowest BCUT2D eigenvalue weighted by Crippen LogP contribution is -2.30. The van der Waals surface area contributed by atoms with Gasteiger partial charge >= 0.3 is 39.5 Å². The van der Waals surface area contributed by atoms with E-state index in [4.69, 9.17) is 37.0 Å². The number of hydrogen-bond donors (Lipinski definition) is 3. The number of aliphatic hydroxyl groups excluding tert-OH is 1. The van der Waals surface area contributed by atoms with Gasteiger partial charge in [-0.25, -0.2) is 9.13 Å². The maximum Gasteiger partial charge on any atom is 0.472 e. The van der Waals surface area contributed by atoms with Gasteiger partial charge in [0.15, 0.2) is 12.2 Å². The number of ether oxygens (including phenoxy) is 4. The predicted octanol–water partition coefficient (Wildman–Crippen LogP) is 21.9. The first-order chi connectivity index (χ1) is 48.7. The van der Waals surface area contributed by atoms with Gasteiger partial charge in [-0.3, -0.25) is 37.3 Å². The van der Waals surface area contributed by atoms with Crippen LogP contribution in [-0.2, 0) is 65.4 Å². The number of aliphatic hydroxyl groups is 1. The molecule has 0 aromatic rings. The molecule has 0 bridgehead atoms. The minimum absolute atomic E-state index is 0.0720. The highest BCUT2D eigenvalue weighted by Gasteiger charge is 2.30. The van der Waals surface area contributed by atoms with Crippen molar-refractivity contribution in [1.82, 2.24) is 0 Å². The molecule has 100 heavy (non-hydrogen) atoms. The third kappa shape index (κ3) is 71.3. The Kier molecular flexibility index (Phi) is 68.6. The van der Waals surface area contributed by atoms with E-state index in [2.05, 4.69) is 149 Å². The minimum Gasteiger partial charge on any atom is -0.462 e. The Morgan fingerprint density at radius 3 is 0.890 bits per heavy atom. The number of hydrogen-bond acceptors (Lipinski definition) is 15. The molecule has 19 heteroatoms. The molecular formula is C81H134O17P2. The molecule has 5 unspecified atom stereocenters. The first kappa shape index (κ1) is 94.9. The van der Waals surface area contributed by atoms with Gasteiger partial charge in [-0.2, -0.15) is 0 Å². The highest BCUT2D eigenvalue weighted by atomic mass is 31.2. The van der Waals surface area contributed by atoms with Gasteiger partial charge in [0, 0.05) is 19.3 Å². The average Bonchev–Trinajstić information content (AvgIpc) is 1.07. The average molecular weight is 1440 g/mol. The Hall–Kier alpha value is -5.06. The monoisotopic (exact) mass is 1440 g/mol. The first-order valence-electron chi connectivity index (χ1n) is 38.1. The molecule has 0 aromatic carbocycles. The van der Waals surface area contributed by atoms with Gasteiger partial charge in [-0.1, -0.05) is 283 Å². The Morgan fingerprint density at radius 2 is 0.560 bits per heavy atom. The number of phosphoric acid groups is 2. The van der Waals surface area contributed by atoms with Crippen molar-refractivity contribution >= 4 is 39.5 Å². The largest absolute Gasteiger partial charge is 0.472 e. The van der Waals surface area contributed by atoms with Crippen molar-refractivity contribution in [3.8, 4) is 0 Å². The number of unbranched alkanes of at least 4 members (excludes halogenated alkanes) is 21. The number of esters is 4. The fraction of sp³-hybridized carbons (Fsp3) is 0.654. The van der Waals surface area contributed by atoms with E-state index in [1.165, 1.54) is 38.5 Å². The number of carbonyl (C=O) groups excluding carboxylic acids is 4. The Labute approximate surface area is 605 Å². The summed E-state index contributed by atoms with van der Waals surface area (Å²) >= 11 is 0. The van der Waals surface area contributed by atoms with E-state index in [9.17, 15) is 43.2 Å². The van der Waals surface area contributed by atoms with Crippen LogP contribution < -0.4 is 0 Å². The lowest BCUT2D eigenvalue weighted by Gasteiger charge is -2.21. The Balaban J connectivity index is 5.43. The summed E-state index contributed by atoms with van der Waals surface area (Å²) in [5, 5.41) is 10.6. The quantitative estimate of drug-likeness (QED) is 0.0169. The van der Waals surface area contributed by atoms with Crippen molar-refractivity contribution in [3.05, 3.63) is 146 Å². The standard InChI is InChI=1S/C81H134O17P2/c1-5-9-13-17-21-25-29-32-35-37-40-43-47-50-54-58-62-66-79(84)92-72-77(98-81(86)68-64-60-56-52-48-44-41-38-36-33-30-26-22-18-14-10-6-2)74-96-100(89,90)94-70-75(82)69-93-99(87,88)95-73-76(97-80(85)67-63-59-55-51-45-28-24-20-16-12-8-4)71-91-78(83)65-61-57-53-49-46-42-39-34-31-27-23-19-15-11-7-3/h9-11,13-15,21-23,25-27,32-36,39-40,43,46,49,57,61,75-77,82H,5-8,12,16-20,24,28-31,37-38,41-42,44-45,47-48,50-56,58-60,62-74H2,1-4H3,(H,87,88)(H,89,90)/b13-9-,14-10-,15-11-,25-21-,26-22-,27-23-,35-32-,36-33-,39-34-,43-40-,49-46-,61-57-. The van der Waals surface area contributed by atoms with E-state index in [0.717, 1.165) is 167 Å². The van der Waals surface area contributed by atoms with Crippen LogP contribution in [0.1, 0.15) is 285 Å². The van der Waals surface area contributed by atoms with E-state index >= 15 is 0 Å². The summed E-state index contributed by atoms with van der Waals surface area (Å²) in [5.41, 5.74) is 0. The van der Waals surface area contributed by atoms with Crippen molar-refractivity contribution in [2.75, 3.05) is 39.6 Å². The molecule has 0 fully saturated rings. The summed E-state index contributed by atoms with van der Waals surface area (Å²) in [5.74, 6) is -2.36. The normalized spacial score (nSPS) is 14.8. The van der Waals surface area contributed by atoms with E-state index in [0.29, 0.717) is 25.7 Å². The van der Waals surface area contributed by atoms with Crippen LogP contribution >= 0.6 is 15.6 Å². The number of rotatable bonds is 70. The van der Waals surface area contributed by atoms with Gasteiger partial charge in [0.25, 0.3) is 0 Å². The maximum atomic E-state index is 13.1. The van der Waals surface area contributed by atoms with E-state index in [-0.39, 0.29) is 25.7 Å². The summed E-state index contributed by atoms with van der Waals surface area (Å²) in [6, 6.07) is 0. The van der Waals surface area contributed by atoms with Crippen LogP contribution in [0.15, 0.2) is 146 Å². The summed E-state index contributed by atoms with van der Waals surface area (Å²) in [4.78, 5) is 72.8. The van der Waals surface area contributed by atoms with Crippen molar-refractivity contribution in [3.63, 3.8) is 0 Å². The van der Waals surface area contributed by atoms with Crippen molar-refractivity contribution in [1.29, 1.82) is 0 Å². The number of carbonyl (C=O) groups is 4. The first-order valence-corrected chi connectivity index (χ1v) is 41.1. The zero-order valence-corrected chi connectivity index (χ0v) is 63.9. The Bertz CT molecular complexity index is 2470. The van der Waals surface area contributed by atoms with Gasteiger partial charge in [0.2, 0.25) is 0 Å². The van der Waals surface area contributed by atoms with E-state index in [1.54, 1.807) is 6.08 Å². The van der Waals surface area contributed by atoms with Gasteiger partial charge in [0.1, 0.15) is 19.3 Å². The fourth-order valence-electron chi connectivity index (χ4n) is 9.65. The van der Waals surface area contributed by atoms with Crippen LogP contribution in [0, 0.1) is 0 Å². The molecule has 0 aliphatic rings. The number of phosphoric ester groups is 2. The molecule has 0 saturated heterocycles. The molecule has 0 amide bonds. The van der Waals surface area contributed by atoms with Crippen molar-refractivity contribution < 1.29 is 80.2 Å². The lowest BCUT2D eigenvalue weighted by atomic mass is 10.1. The molecule has 3 N–H and O–H groups in total. The second kappa shape index (κ2) is 72.3. The molecule has 0 radical (unpaired) electrons. The summed E-state index contributed by atoms with van der Waals surface area (Å²) in [6.45, 7) is 4.36. The smallest absolute Gasteiger partial charge is 0.462 e. The summed E-state index contributed by atoms with van der Waals surface area (Å²) in [7, 11) is -9.99. The molecule has 0 aromatic heterocycles. The second-order valence-electron chi connectivity index (χ2n) is 24.8. The molecule has 0 heterocycles. The predicted molar refractivity (Wildman–Crippen MR) is 408 cm³/mol. The molecule has 0 saturated carbocycles. The van der Waals surface area contributed by atoms with Crippen LogP contribution in [-0.4, -0.2) is 96.7 Å². The van der Waals surface area contributed by atoms with Crippen molar-refractivity contribution in [2.24, 2.45) is 0 Å².